The van der Waals surface area contributed by atoms with Gasteiger partial charge < -0.3 is 19.6 Å². The maximum atomic E-state index is 13.0. The van der Waals surface area contributed by atoms with Gasteiger partial charge in [-0.2, -0.15) is 0 Å². The summed E-state index contributed by atoms with van der Waals surface area (Å²) >= 11 is 0. The lowest BCUT2D eigenvalue weighted by Gasteiger charge is -2.40. The quantitative estimate of drug-likeness (QED) is 0.716. The largest absolute Gasteiger partial charge is 0.481 e. The molecule has 1 amide bonds. The monoisotopic (exact) mass is 383 g/mol. The molecular formula is C16H21N3O6S. The van der Waals surface area contributed by atoms with Gasteiger partial charge in [0.2, 0.25) is 0 Å². The highest BCUT2D eigenvalue weighted by atomic mass is 32.2. The molecule has 0 aromatic carbocycles. The Morgan fingerprint density at radius 1 is 1.38 bits per heavy atom. The van der Waals surface area contributed by atoms with Crippen molar-refractivity contribution >= 4 is 27.7 Å². The number of piperidine rings is 1. The van der Waals surface area contributed by atoms with Gasteiger partial charge in [0.15, 0.2) is 5.84 Å². The zero-order valence-electron chi connectivity index (χ0n) is 14.4. The van der Waals surface area contributed by atoms with Crippen molar-refractivity contribution in [2.45, 2.75) is 12.8 Å². The van der Waals surface area contributed by atoms with Gasteiger partial charge in [-0.05, 0) is 25.0 Å². The molecular weight excluding hydrogens is 362 g/mol. The van der Waals surface area contributed by atoms with E-state index in [4.69, 9.17) is 4.74 Å². The van der Waals surface area contributed by atoms with Crippen LogP contribution in [0.3, 0.4) is 0 Å². The van der Waals surface area contributed by atoms with E-state index in [2.05, 4.69) is 4.40 Å². The first-order valence-electron chi connectivity index (χ1n) is 8.28. The van der Waals surface area contributed by atoms with Crippen molar-refractivity contribution in [3.63, 3.8) is 0 Å². The van der Waals surface area contributed by atoms with Crippen LogP contribution in [-0.2, 0) is 24.3 Å². The van der Waals surface area contributed by atoms with E-state index in [1.165, 1.54) is 18.1 Å². The Kier molecular flexibility index (Phi) is 4.89. The Bertz CT molecular complexity index is 812. The number of aliphatic carboxylic acids is 1. The molecule has 9 nitrogen and oxygen atoms in total. The average Bonchev–Trinajstić information content (AvgIpc) is 2.60. The number of sulfonamides is 1. The molecule has 0 bridgehead atoms. The van der Waals surface area contributed by atoms with E-state index < -0.39 is 27.3 Å². The van der Waals surface area contributed by atoms with Gasteiger partial charge >= 0.3 is 5.97 Å². The molecule has 1 N–H and O–H groups in total. The maximum absolute atomic E-state index is 13.0. The number of fused-ring (bicyclic) bond motifs is 1. The predicted molar refractivity (Wildman–Crippen MR) is 92.9 cm³/mol. The molecule has 0 aromatic heterocycles. The molecule has 3 aliphatic heterocycles. The Hall–Kier alpha value is -2.20. The number of carboxylic acid groups (broad SMARTS) is 1. The number of carboxylic acids is 1. The molecule has 3 rings (SSSR count). The summed E-state index contributed by atoms with van der Waals surface area (Å²) in [4.78, 5) is 27.9. The highest BCUT2D eigenvalue weighted by Gasteiger charge is 2.45. The lowest BCUT2D eigenvalue weighted by molar-refractivity contribution is -0.158. The van der Waals surface area contributed by atoms with Crippen LogP contribution in [0.2, 0.25) is 0 Å². The van der Waals surface area contributed by atoms with Gasteiger partial charge in [0, 0.05) is 32.9 Å². The first kappa shape index (κ1) is 18.6. The molecule has 0 spiro atoms. The van der Waals surface area contributed by atoms with Crippen LogP contribution in [-0.4, -0.2) is 80.1 Å². The van der Waals surface area contributed by atoms with E-state index in [1.54, 1.807) is 17.2 Å². The second kappa shape index (κ2) is 6.84. The Labute approximate surface area is 151 Å². The highest BCUT2D eigenvalue weighted by Crippen LogP contribution is 2.32. The fraction of sp³-hybridized carbons (Fsp3) is 0.562. The summed E-state index contributed by atoms with van der Waals surface area (Å²) in [6.07, 6.45) is 5.80. The van der Waals surface area contributed by atoms with E-state index in [1.807, 2.05) is 0 Å². The van der Waals surface area contributed by atoms with Crippen LogP contribution in [0.1, 0.15) is 12.8 Å². The lowest BCUT2D eigenvalue weighted by Crippen LogP contribution is -2.53. The van der Waals surface area contributed by atoms with Crippen molar-refractivity contribution in [1.29, 1.82) is 0 Å². The molecule has 26 heavy (non-hydrogen) atoms. The number of carbonyl (C=O) groups is 2. The number of allylic oxidation sites excluding steroid dienone is 2. The zero-order chi connectivity index (χ0) is 18.9. The lowest BCUT2D eigenvalue weighted by atomic mass is 9.80. The third-order valence-corrected chi connectivity index (χ3v) is 5.98. The summed E-state index contributed by atoms with van der Waals surface area (Å²) in [5.74, 6) is -1.44. The van der Waals surface area contributed by atoms with Gasteiger partial charge in [0.1, 0.15) is 5.41 Å². The van der Waals surface area contributed by atoms with Crippen LogP contribution in [0.25, 0.3) is 0 Å². The number of hydrogen-bond acceptors (Lipinski definition) is 6. The molecule has 0 radical (unpaired) electrons. The number of methoxy groups -OCH3 is 1. The van der Waals surface area contributed by atoms with Crippen molar-refractivity contribution in [3.05, 3.63) is 23.9 Å². The van der Waals surface area contributed by atoms with Crippen LogP contribution >= 0.6 is 0 Å². The molecule has 1 atom stereocenters. The van der Waals surface area contributed by atoms with E-state index in [9.17, 15) is 23.1 Å². The molecule has 1 fully saturated rings. The van der Waals surface area contributed by atoms with Gasteiger partial charge in [-0.25, -0.2) is 8.42 Å². The molecule has 0 aromatic rings. The van der Waals surface area contributed by atoms with E-state index in [0.717, 1.165) is 0 Å². The summed E-state index contributed by atoms with van der Waals surface area (Å²) in [5, 5.41) is 9.63. The van der Waals surface area contributed by atoms with E-state index >= 15 is 0 Å². The van der Waals surface area contributed by atoms with E-state index in [0.29, 0.717) is 19.4 Å². The summed E-state index contributed by atoms with van der Waals surface area (Å²) in [6.45, 7) is 0.645. The van der Waals surface area contributed by atoms with E-state index in [-0.39, 0.29) is 36.9 Å². The summed E-state index contributed by atoms with van der Waals surface area (Å²) < 4.78 is 32.5. The molecule has 1 unspecified atom stereocenters. The molecule has 10 heteroatoms. The number of amides is 1. The normalized spacial score (nSPS) is 27.4. The molecule has 0 saturated carbocycles. The Morgan fingerprint density at radius 3 is 2.85 bits per heavy atom. The molecule has 1 saturated heterocycles. The number of ether oxygens (including phenoxy) is 1. The van der Waals surface area contributed by atoms with Gasteiger partial charge in [0.25, 0.3) is 15.9 Å². The summed E-state index contributed by atoms with van der Waals surface area (Å²) in [6, 6.07) is 0. The van der Waals surface area contributed by atoms with Crippen molar-refractivity contribution in [1.82, 2.24) is 9.80 Å². The van der Waals surface area contributed by atoms with Crippen LogP contribution in [0.15, 0.2) is 28.3 Å². The number of amidine groups is 1. The number of likely N-dealkylation sites (tertiary alicyclic amines) is 1. The number of nitrogens with zero attached hydrogens (tertiary/aromatic N) is 3. The fourth-order valence-electron chi connectivity index (χ4n) is 3.49. The minimum absolute atomic E-state index is 0.00646. The minimum atomic E-state index is -3.61. The molecule has 3 heterocycles. The zero-order valence-corrected chi connectivity index (χ0v) is 15.2. The Balaban J connectivity index is 1.89. The topological polar surface area (TPSA) is 117 Å². The smallest absolute Gasteiger partial charge is 0.313 e. The van der Waals surface area contributed by atoms with Crippen molar-refractivity contribution in [3.8, 4) is 0 Å². The number of rotatable bonds is 4. The first-order valence-corrected chi connectivity index (χ1v) is 9.89. The SMILES string of the molecule is COCC1(C(=O)O)CCCN(C(=O)C2=CC=CN3CCS(=O)(=O)N=C23)C1. The molecule has 3 aliphatic rings. The standard InChI is InChI=1S/C16H21N3O6S/c1-25-11-16(15(21)22)5-3-7-19(10-16)14(20)12-4-2-6-18-8-9-26(23,24)17-13(12)18/h2,4,6H,3,5,7-11H2,1H3,(H,21,22). The fourth-order valence-corrected chi connectivity index (χ4v) is 4.47. The third-order valence-electron chi connectivity index (χ3n) is 4.83. The van der Waals surface area contributed by atoms with Gasteiger partial charge in [-0.3, -0.25) is 9.59 Å². The number of hydrogen-bond donors (Lipinski definition) is 1. The highest BCUT2D eigenvalue weighted by molar-refractivity contribution is 7.90. The van der Waals surface area contributed by atoms with Gasteiger partial charge in [-0.1, -0.05) is 0 Å². The van der Waals surface area contributed by atoms with Crippen LogP contribution in [0.5, 0.6) is 0 Å². The second-order valence-electron chi connectivity index (χ2n) is 6.66. The maximum Gasteiger partial charge on any atom is 0.313 e. The Morgan fingerprint density at radius 2 is 2.15 bits per heavy atom. The van der Waals surface area contributed by atoms with Crippen molar-refractivity contribution < 1.29 is 27.9 Å². The second-order valence-corrected chi connectivity index (χ2v) is 8.42. The average molecular weight is 383 g/mol. The van der Waals surface area contributed by atoms with Crippen LogP contribution in [0.4, 0.5) is 0 Å². The van der Waals surface area contributed by atoms with Crippen LogP contribution < -0.4 is 0 Å². The van der Waals surface area contributed by atoms with Gasteiger partial charge in [0.05, 0.1) is 17.9 Å². The van der Waals surface area contributed by atoms with Gasteiger partial charge in [-0.15, -0.1) is 4.40 Å². The summed E-state index contributed by atoms with van der Waals surface area (Å²) in [7, 11) is -2.18. The first-order chi connectivity index (χ1) is 12.3. The van der Waals surface area contributed by atoms with Crippen LogP contribution in [0, 0.1) is 5.41 Å². The minimum Gasteiger partial charge on any atom is -0.481 e. The molecule has 142 valence electrons. The van der Waals surface area contributed by atoms with Crippen molar-refractivity contribution in [2.24, 2.45) is 9.81 Å². The van der Waals surface area contributed by atoms with Crippen molar-refractivity contribution in [2.75, 3.05) is 39.1 Å². The third kappa shape index (κ3) is 3.38. The molecule has 0 aliphatic carbocycles. The summed E-state index contributed by atoms with van der Waals surface area (Å²) in [5.41, 5.74) is -0.997. The predicted octanol–water partition coefficient (Wildman–Crippen LogP) is -0.176. The number of carbonyl (C=O) groups excluding carboxylic acids is 1.